The molecular formula is C20H17Cl2N3O3. The number of carbonyl (C=O) groups excluding carboxylic acids is 2. The quantitative estimate of drug-likeness (QED) is 0.620. The van der Waals surface area contributed by atoms with Crippen molar-refractivity contribution in [1.82, 2.24) is 9.97 Å². The smallest absolute Gasteiger partial charge is 0.338 e. The third kappa shape index (κ3) is 4.40. The minimum absolute atomic E-state index is 0.286. The van der Waals surface area contributed by atoms with Crippen LogP contribution in [0, 0.1) is 13.8 Å². The van der Waals surface area contributed by atoms with Gasteiger partial charge in [-0.1, -0.05) is 23.2 Å². The molecule has 28 heavy (non-hydrogen) atoms. The van der Waals surface area contributed by atoms with Gasteiger partial charge in [0.2, 0.25) is 0 Å². The standard InChI is InChI=1S/C20H17Cl2N3O3/c1-10-11(2)24-18-8-13(4-6-17(18)23-10)20(27)28-12(3)19(26)25-16-7-5-14(21)9-15(16)22/h4-9,12H,1-3H3,(H,25,26). The van der Waals surface area contributed by atoms with Crippen molar-refractivity contribution in [2.75, 3.05) is 5.32 Å². The van der Waals surface area contributed by atoms with E-state index in [-0.39, 0.29) is 10.6 Å². The number of anilines is 1. The summed E-state index contributed by atoms with van der Waals surface area (Å²) < 4.78 is 5.27. The monoisotopic (exact) mass is 417 g/mol. The van der Waals surface area contributed by atoms with Gasteiger partial charge in [-0.3, -0.25) is 4.79 Å². The van der Waals surface area contributed by atoms with Crippen LogP contribution >= 0.6 is 23.2 Å². The second-order valence-electron chi connectivity index (χ2n) is 6.26. The summed E-state index contributed by atoms with van der Waals surface area (Å²) in [5, 5.41) is 3.35. The van der Waals surface area contributed by atoms with E-state index in [4.69, 9.17) is 27.9 Å². The molecule has 1 N–H and O–H groups in total. The number of halogens is 2. The van der Waals surface area contributed by atoms with Gasteiger partial charge in [0.1, 0.15) is 0 Å². The van der Waals surface area contributed by atoms with E-state index in [0.29, 0.717) is 21.7 Å². The number of nitrogens with one attached hydrogen (secondary N) is 1. The number of aryl methyl sites for hydroxylation is 2. The fourth-order valence-electron chi connectivity index (χ4n) is 2.46. The minimum atomic E-state index is -1.03. The van der Waals surface area contributed by atoms with Gasteiger partial charge in [-0.25, -0.2) is 14.8 Å². The van der Waals surface area contributed by atoms with Crippen LogP contribution in [-0.4, -0.2) is 27.9 Å². The maximum Gasteiger partial charge on any atom is 0.338 e. The first-order chi connectivity index (χ1) is 13.2. The molecular weight excluding hydrogens is 401 g/mol. The molecule has 1 heterocycles. The lowest BCUT2D eigenvalue weighted by Crippen LogP contribution is -2.30. The fourth-order valence-corrected chi connectivity index (χ4v) is 2.92. The second-order valence-corrected chi connectivity index (χ2v) is 7.10. The van der Waals surface area contributed by atoms with E-state index in [1.165, 1.54) is 13.0 Å². The van der Waals surface area contributed by atoms with E-state index in [1.807, 2.05) is 13.8 Å². The van der Waals surface area contributed by atoms with Gasteiger partial charge in [0.25, 0.3) is 5.91 Å². The third-order valence-corrected chi connectivity index (χ3v) is 4.70. The number of hydrogen-bond donors (Lipinski definition) is 1. The summed E-state index contributed by atoms with van der Waals surface area (Å²) in [6.45, 7) is 5.20. The van der Waals surface area contributed by atoms with Crippen molar-refractivity contribution in [1.29, 1.82) is 0 Å². The molecule has 8 heteroatoms. The Bertz CT molecular complexity index is 1090. The Hall–Kier alpha value is -2.70. The maximum absolute atomic E-state index is 12.4. The van der Waals surface area contributed by atoms with Crippen LogP contribution < -0.4 is 5.32 Å². The molecule has 0 fully saturated rings. The van der Waals surface area contributed by atoms with Crippen LogP contribution in [-0.2, 0) is 9.53 Å². The zero-order valence-electron chi connectivity index (χ0n) is 15.4. The van der Waals surface area contributed by atoms with Gasteiger partial charge in [0.05, 0.1) is 38.7 Å². The molecule has 1 aromatic heterocycles. The lowest BCUT2D eigenvalue weighted by Gasteiger charge is -2.14. The molecule has 1 amide bonds. The topological polar surface area (TPSA) is 81.2 Å². The van der Waals surface area contributed by atoms with Crippen LogP contribution in [0.3, 0.4) is 0 Å². The van der Waals surface area contributed by atoms with E-state index >= 15 is 0 Å². The van der Waals surface area contributed by atoms with Crippen molar-refractivity contribution in [2.45, 2.75) is 26.9 Å². The summed E-state index contributed by atoms with van der Waals surface area (Å²) >= 11 is 11.9. The molecule has 0 saturated carbocycles. The first-order valence-electron chi connectivity index (χ1n) is 8.46. The Balaban J connectivity index is 1.71. The molecule has 3 rings (SSSR count). The van der Waals surface area contributed by atoms with Gasteiger partial charge in [0.15, 0.2) is 6.10 Å². The maximum atomic E-state index is 12.4. The van der Waals surface area contributed by atoms with Crippen molar-refractivity contribution in [2.24, 2.45) is 0 Å². The number of amides is 1. The Kier molecular flexibility index (Phi) is 5.82. The molecule has 3 aromatic rings. The predicted octanol–water partition coefficient (Wildman–Crippen LogP) is 4.74. The van der Waals surface area contributed by atoms with Gasteiger partial charge in [0, 0.05) is 5.02 Å². The number of esters is 1. The Morgan fingerprint density at radius 2 is 1.68 bits per heavy atom. The van der Waals surface area contributed by atoms with Crippen molar-refractivity contribution < 1.29 is 14.3 Å². The van der Waals surface area contributed by atoms with E-state index in [0.717, 1.165) is 11.4 Å². The van der Waals surface area contributed by atoms with Gasteiger partial charge >= 0.3 is 5.97 Å². The Labute approximate surface area is 171 Å². The van der Waals surface area contributed by atoms with Crippen LogP contribution in [0.5, 0.6) is 0 Å². The summed E-state index contributed by atoms with van der Waals surface area (Å²) in [5.41, 5.74) is 3.55. The van der Waals surface area contributed by atoms with E-state index in [1.54, 1.807) is 30.3 Å². The average Bonchev–Trinajstić information content (AvgIpc) is 2.64. The highest BCUT2D eigenvalue weighted by Crippen LogP contribution is 2.25. The molecule has 2 aromatic carbocycles. The number of fused-ring (bicyclic) bond motifs is 1. The van der Waals surface area contributed by atoms with E-state index in [9.17, 15) is 9.59 Å². The van der Waals surface area contributed by atoms with Crippen molar-refractivity contribution in [3.63, 3.8) is 0 Å². The fraction of sp³-hybridized carbons (Fsp3) is 0.200. The number of rotatable bonds is 4. The van der Waals surface area contributed by atoms with Gasteiger partial charge in [-0.15, -0.1) is 0 Å². The van der Waals surface area contributed by atoms with Crippen LogP contribution in [0.25, 0.3) is 11.0 Å². The molecule has 0 spiro atoms. The summed E-state index contributed by atoms with van der Waals surface area (Å²) in [7, 11) is 0. The first-order valence-corrected chi connectivity index (χ1v) is 9.22. The number of nitrogens with zero attached hydrogens (tertiary/aromatic N) is 2. The lowest BCUT2D eigenvalue weighted by atomic mass is 10.2. The molecule has 0 saturated heterocycles. The average molecular weight is 418 g/mol. The summed E-state index contributed by atoms with van der Waals surface area (Å²) in [6.07, 6.45) is -1.03. The van der Waals surface area contributed by atoms with Crippen molar-refractivity contribution >= 4 is 51.8 Å². The van der Waals surface area contributed by atoms with Crippen LogP contribution in [0.2, 0.25) is 10.0 Å². The number of benzene rings is 2. The number of hydrogen-bond acceptors (Lipinski definition) is 5. The molecule has 0 bridgehead atoms. The number of carbonyl (C=O) groups is 2. The zero-order chi connectivity index (χ0) is 20.4. The number of aromatic nitrogens is 2. The highest BCUT2D eigenvalue weighted by atomic mass is 35.5. The Morgan fingerprint density at radius 3 is 2.36 bits per heavy atom. The summed E-state index contributed by atoms with van der Waals surface area (Å²) in [5.74, 6) is -1.14. The zero-order valence-corrected chi connectivity index (χ0v) is 16.9. The Morgan fingerprint density at radius 1 is 1.00 bits per heavy atom. The van der Waals surface area contributed by atoms with E-state index < -0.39 is 18.0 Å². The van der Waals surface area contributed by atoms with Gasteiger partial charge < -0.3 is 10.1 Å². The molecule has 0 aliphatic heterocycles. The molecule has 0 aliphatic rings. The summed E-state index contributed by atoms with van der Waals surface area (Å²) in [4.78, 5) is 33.6. The van der Waals surface area contributed by atoms with Crippen molar-refractivity contribution in [3.05, 3.63) is 63.4 Å². The second kappa shape index (κ2) is 8.12. The molecule has 6 nitrogen and oxygen atoms in total. The molecule has 0 aliphatic carbocycles. The molecule has 144 valence electrons. The predicted molar refractivity (Wildman–Crippen MR) is 109 cm³/mol. The van der Waals surface area contributed by atoms with Crippen molar-refractivity contribution in [3.8, 4) is 0 Å². The number of ether oxygens (including phenoxy) is 1. The van der Waals surface area contributed by atoms with Gasteiger partial charge in [-0.05, 0) is 57.2 Å². The van der Waals surface area contributed by atoms with E-state index in [2.05, 4.69) is 15.3 Å². The highest BCUT2D eigenvalue weighted by Gasteiger charge is 2.20. The van der Waals surface area contributed by atoms with Crippen LogP contribution in [0.15, 0.2) is 36.4 Å². The molecule has 0 radical (unpaired) electrons. The molecule has 1 atom stereocenters. The highest BCUT2D eigenvalue weighted by molar-refractivity contribution is 6.36. The van der Waals surface area contributed by atoms with Crippen LogP contribution in [0.4, 0.5) is 5.69 Å². The van der Waals surface area contributed by atoms with Crippen LogP contribution in [0.1, 0.15) is 28.7 Å². The normalized spacial score (nSPS) is 11.9. The van der Waals surface area contributed by atoms with Gasteiger partial charge in [-0.2, -0.15) is 0 Å². The first kappa shape index (κ1) is 20.0. The SMILES string of the molecule is Cc1nc2ccc(C(=O)OC(C)C(=O)Nc3ccc(Cl)cc3Cl)cc2nc1C. The minimum Gasteiger partial charge on any atom is -0.449 e. The third-order valence-electron chi connectivity index (χ3n) is 4.15. The lowest BCUT2D eigenvalue weighted by molar-refractivity contribution is -0.123. The summed E-state index contributed by atoms with van der Waals surface area (Å²) in [6, 6.07) is 9.56. The molecule has 1 unspecified atom stereocenters. The largest absolute Gasteiger partial charge is 0.449 e.